The molecule has 0 aliphatic carbocycles. The van der Waals surface area contributed by atoms with Gasteiger partial charge in [0.05, 0.1) is 4.47 Å². The summed E-state index contributed by atoms with van der Waals surface area (Å²) < 4.78 is 1.88. The second-order valence-electron chi connectivity index (χ2n) is 2.10. The zero-order valence-electron chi connectivity index (χ0n) is 6.35. The van der Waals surface area contributed by atoms with E-state index in [1.165, 1.54) is 23.1 Å². The number of rotatable bonds is 2. The van der Waals surface area contributed by atoms with Crippen LogP contribution in [0.5, 0.6) is 0 Å². The summed E-state index contributed by atoms with van der Waals surface area (Å²) in [5.41, 5.74) is 1.71. The Balaban J connectivity index is 2.24. The van der Waals surface area contributed by atoms with Gasteiger partial charge in [-0.3, -0.25) is 0 Å². The molecule has 13 heavy (non-hydrogen) atoms. The van der Waals surface area contributed by atoms with Crippen molar-refractivity contribution in [3.8, 4) is 0 Å². The van der Waals surface area contributed by atoms with E-state index in [2.05, 4.69) is 31.1 Å². The minimum atomic E-state index is 0.902. The summed E-state index contributed by atoms with van der Waals surface area (Å²) in [6.45, 7) is 0. The summed E-state index contributed by atoms with van der Waals surface area (Å²) >= 11 is 6.43. The lowest BCUT2D eigenvalue weighted by Gasteiger charge is -1.97. The van der Waals surface area contributed by atoms with Crippen molar-refractivity contribution in [2.45, 2.75) is 9.37 Å². The van der Waals surface area contributed by atoms with E-state index < -0.39 is 0 Å². The van der Waals surface area contributed by atoms with E-state index in [-0.39, 0.29) is 0 Å². The highest BCUT2D eigenvalue weighted by molar-refractivity contribution is 9.10. The minimum Gasteiger partial charge on any atom is -0.248 e. The van der Waals surface area contributed by atoms with Crippen molar-refractivity contribution in [3.05, 3.63) is 28.3 Å². The second kappa shape index (κ2) is 4.17. The zero-order valence-corrected chi connectivity index (χ0v) is 9.56. The normalized spacial score (nSPS) is 10.2. The molecule has 66 valence electrons. The quantitative estimate of drug-likeness (QED) is 0.844. The van der Waals surface area contributed by atoms with E-state index in [1.54, 1.807) is 11.7 Å². The van der Waals surface area contributed by atoms with Gasteiger partial charge in [-0.15, -0.1) is 10.2 Å². The molecule has 0 radical (unpaired) electrons. The zero-order chi connectivity index (χ0) is 9.10. The molecule has 0 amide bonds. The molecule has 6 heteroatoms. The van der Waals surface area contributed by atoms with Gasteiger partial charge in [0.1, 0.15) is 10.5 Å². The standard InChI is InChI=1S/C7H4BrN3S2/c8-5-2-1-3-9-6(5)13-7-11-10-4-12-7/h1-4H. The van der Waals surface area contributed by atoms with E-state index in [0.29, 0.717) is 0 Å². The van der Waals surface area contributed by atoms with Gasteiger partial charge in [0.15, 0.2) is 4.34 Å². The van der Waals surface area contributed by atoms with Crippen LogP contribution in [0.15, 0.2) is 37.7 Å². The monoisotopic (exact) mass is 273 g/mol. The van der Waals surface area contributed by atoms with Crippen LogP contribution in [-0.2, 0) is 0 Å². The molecule has 2 aromatic heterocycles. The molecule has 0 unspecified atom stereocenters. The second-order valence-corrected chi connectivity index (χ2v) is 5.02. The maximum atomic E-state index is 4.21. The molecule has 0 aliphatic heterocycles. The maximum Gasteiger partial charge on any atom is 0.180 e. The molecule has 0 spiro atoms. The Hall–Kier alpha value is -0.460. The van der Waals surface area contributed by atoms with Crippen molar-refractivity contribution in [1.82, 2.24) is 15.2 Å². The minimum absolute atomic E-state index is 0.902. The van der Waals surface area contributed by atoms with E-state index in [4.69, 9.17) is 0 Å². The summed E-state index contributed by atoms with van der Waals surface area (Å²) in [6, 6.07) is 3.84. The lowest BCUT2D eigenvalue weighted by molar-refractivity contribution is 1.00. The van der Waals surface area contributed by atoms with Gasteiger partial charge in [0.2, 0.25) is 0 Å². The number of aromatic nitrogens is 3. The molecule has 0 saturated heterocycles. The molecule has 0 aromatic carbocycles. The highest BCUT2D eigenvalue weighted by Crippen LogP contribution is 2.31. The molecule has 0 atom stereocenters. The van der Waals surface area contributed by atoms with Gasteiger partial charge in [0.25, 0.3) is 0 Å². The number of pyridine rings is 1. The van der Waals surface area contributed by atoms with E-state index in [9.17, 15) is 0 Å². The summed E-state index contributed by atoms with van der Waals surface area (Å²) in [4.78, 5) is 4.21. The molecule has 2 rings (SSSR count). The molecule has 3 nitrogen and oxygen atoms in total. The Morgan fingerprint density at radius 1 is 1.46 bits per heavy atom. The Bertz CT molecular complexity index is 390. The average molecular weight is 274 g/mol. The van der Waals surface area contributed by atoms with Gasteiger partial charge >= 0.3 is 0 Å². The van der Waals surface area contributed by atoms with Crippen LogP contribution in [-0.4, -0.2) is 15.2 Å². The topological polar surface area (TPSA) is 38.7 Å². The number of hydrogen-bond acceptors (Lipinski definition) is 5. The third-order valence-electron chi connectivity index (χ3n) is 1.25. The fourth-order valence-corrected chi connectivity index (χ4v) is 2.60. The van der Waals surface area contributed by atoms with E-state index in [0.717, 1.165) is 13.8 Å². The summed E-state index contributed by atoms with van der Waals surface area (Å²) in [7, 11) is 0. The number of nitrogens with zero attached hydrogens (tertiary/aromatic N) is 3. The first-order valence-electron chi connectivity index (χ1n) is 3.41. The van der Waals surface area contributed by atoms with Crippen LogP contribution in [0.3, 0.4) is 0 Å². The molecule has 2 heterocycles. The molecule has 2 aromatic rings. The Morgan fingerprint density at radius 2 is 2.38 bits per heavy atom. The van der Waals surface area contributed by atoms with Gasteiger partial charge in [-0.1, -0.05) is 11.3 Å². The average Bonchev–Trinajstić information content (AvgIpc) is 2.61. The molecule has 0 saturated carbocycles. The summed E-state index contributed by atoms with van der Waals surface area (Å²) in [5.74, 6) is 0. The van der Waals surface area contributed by atoms with E-state index in [1.807, 2.05) is 12.1 Å². The van der Waals surface area contributed by atoms with Gasteiger partial charge in [-0.25, -0.2) is 4.98 Å². The van der Waals surface area contributed by atoms with E-state index >= 15 is 0 Å². The maximum absolute atomic E-state index is 4.21. The largest absolute Gasteiger partial charge is 0.248 e. The third kappa shape index (κ3) is 2.26. The predicted molar refractivity (Wildman–Crippen MR) is 56.0 cm³/mol. The molecule has 0 fully saturated rings. The van der Waals surface area contributed by atoms with Crippen LogP contribution in [0.2, 0.25) is 0 Å². The fraction of sp³-hybridized carbons (Fsp3) is 0. The molecular formula is C7H4BrN3S2. The van der Waals surface area contributed by atoms with Crippen molar-refractivity contribution in [2.75, 3.05) is 0 Å². The number of halogens is 1. The SMILES string of the molecule is Brc1cccnc1Sc1nncs1. The Morgan fingerprint density at radius 3 is 3.08 bits per heavy atom. The Kier molecular flexibility index (Phi) is 2.92. The molecular weight excluding hydrogens is 270 g/mol. The van der Waals surface area contributed by atoms with Crippen LogP contribution in [0.1, 0.15) is 0 Å². The number of hydrogen-bond donors (Lipinski definition) is 0. The highest BCUT2D eigenvalue weighted by Gasteiger charge is 2.04. The molecule has 0 aliphatic rings. The van der Waals surface area contributed by atoms with Crippen molar-refractivity contribution in [1.29, 1.82) is 0 Å². The first-order valence-corrected chi connectivity index (χ1v) is 5.90. The lowest BCUT2D eigenvalue weighted by atomic mass is 10.5. The predicted octanol–water partition coefficient (Wildman–Crippen LogP) is 2.85. The summed E-state index contributed by atoms with van der Waals surface area (Å²) in [6.07, 6.45) is 1.76. The van der Waals surface area contributed by atoms with Gasteiger partial charge in [-0.05, 0) is 39.8 Å². The van der Waals surface area contributed by atoms with Crippen LogP contribution < -0.4 is 0 Å². The van der Waals surface area contributed by atoms with Crippen molar-refractivity contribution >= 4 is 39.0 Å². The lowest BCUT2D eigenvalue weighted by Crippen LogP contribution is -1.79. The van der Waals surface area contributed by atoms with Crippen LogP contribution in [0.25, 0.3) is 0 Å². The smallest absolute Gasteiger partial charge is 0.180 e. The van der Waals surface area contributed by atoms with Crippen LogP contribution >= 0.6 is 39.0 Å². The third-order valence-corrected chi connectivity index (χ3v) is 3.95. The molecule has 0 bridgehead atoms. The van der Waals surface area contributed by atoms with Gasteiger partial charge < -0.3 is 0 Å². The summed E-state index contributed by atoms with van der Waals surface area (Å²) in [5, 5.41) is 8.59. The van der Waals surface area contributed by atoms with Crippen LogP contribution in [0.4, 0.5) is 0 Å². The van der Waals surface area contributed by atoms with Crippen molar-refractivity contribution < 1.29 is 0 Å². The molecule has 0 N–H and O–H groups in total. The van der Waals surface area contributed by atoms with Crippen molar-refractivity contribution in [2.24, 2.45) is 0 Å². The highest BCUT2D eigenvalue weighted by atomic mass is 79.9. The fourth-order valence-electron chi connectivity index (χ4n) is 0.736. The first-order chi connectivity index (χ1) is 6.36. The first kappa shape index (κ1) is 9.11. The Labute approximate surface area is 91.7 Å². The van der Waals surface area contributed by atoms with Gasteiger partial charge in [-0.2, -0.15) is 0 Å². The van der Waals surface area contributed by atoms with Crippen LogP contribution in [0, 0.1) is 0 Å². The van der Waals surface area contributed by atoms with Crippen molar-refractivity contribution in [3.63, 3.8) is 0 Å². The van der Waals surface area contributed by atoms with Gasteiger partial charge in [0, 0.05) is 6.20 Å².